The molecule has 0 unspecified atom stereocenters. The predicted molar refractivity (Wildman–Crippen MR) is 502 cm³/mol. The van der Waals surface area contributed by atoms with Crippen molar-refractivity contribution in [1.29, 1.82) is 0 Å². The lowest BCUT2D eigenvalue weighted by Crippen LogP contribution is -2.38. The number of amides is 8. The van der Waals surface area contributed by atoms with Crippen LogP contribution in [0.5, 0.6) is 0 Å². The molecule has 8 N–H and O–H groups in total. The molecule has 145 heavy (non-hydrogen) atoms. The van der Waals surface area contributed by atoms with Gasteiger partial charge in [0.25, 0.3) is 47.3 Å². The van der Waals surface area contributed by atoms with E-state index in [-0.39, 0.29) is 71.1 Å². The molecule has 24 nitrogen and oxygen atoms in total. The van der Waals surface area contributed by atoms with Gasteiger partial charge in [-0.2, -0.15) is 0 Å². The molecule has 0 aliphatic carbocycles. The second-order valence-corrected chi connectivity index (χ2v) is 38.8. The first kappa shape index (κ1) is 131. The van der Waals surface area contributed by atoms with Crippen LogP contribution < -0.4 is 0 Å². The molecular weight excluding hydrogens is 1940 g/mol. The van der Waals surface area contributed by atoms with Crippen LogP contribution in [0.25, 0.3) is 0 Å². The van der Waals surface area contributed by atoms with Crippen molar-refractivity contribution in [2.45, 2.75) is 270 Å². The van der Waals surface area contributed by atoms with Gasteiger partial charge in [-0.05, 0) is 134 Å². The zero-order valence-corrected chi connectivity index (χ0v) is 85.9. The highest BCUT2D eigenvalue weighted by Gasteiger charge is 2.38. The smallest absolute Gasteiger partial charge is 0.251 e. The van der Waals surface area contributed by atoms with E-state index in [2.05, 4.69) is 0 Å². The van der Waals surface area contributed by atoms with E-state index in [1.165, 1.54) is 24.3 Å². The van der Waals surface area contributed by atoms with Crippen LogP contribution in [0.1, 0.15) is 262 Å². The topological polar surface area (TPSA) is 324 Å². The maximum Gasteiger partial charge on any atom is 0.251 e. The normalized spacial score (nSPS) is 11.5. The van der Waals surface area contributed by atoms with Crippen LogP contribution in [0.2, 0.25) is 0 Å². The minimum atomic E-state index is -1.62. The molecule has 806 valence electrons. The molecule has 0 heterocycles. The summed E-state index contributed by atoms with van der Waals surface area (Å²) in [6, 6.07) is 26.8. The van der Waals surface area contributed by atoms with Gasteiger partial charge in [-0.1, -0.05) is 227 Å². The molecule has 0 aliphatic heterocycles. The lowest BCUT2D eigenvalue weighted by Gasteiger charge is -2.26. The molecule has 0 bridgehead atoms. The summed E-state index contributed by atoms with van der Waals surface area (Å²) in [5, 5.41) is 81.0. The third-order valence-corrected chi connectivity index (χ3v) is 24.3. The van der Waals surface area contributed by atoms with Crippen LogP contribution >= 0.6 is 0 Å². The lowest BCUT2D eigenvalue weighted by molar-refractivity contribution is -0.178. The van der Waals surface area contributed by atoms with Crippen molar-refractivity contribution >= 4 is 47.3 Å². The van der Waals surface area contributed by atoms with Crippen LogP contribution in [0.15, 0.2) is 140 Å². The second-order valence-electron chi connectivity index (χ2n) is 38.8. The van der Waals surface area contributed by atoms with Gasteiger partial charge in [-0.15, -0.1) is 0 Å². The van der Waals surface area contributed by atoms with E-state index in [1.807, 2.05) is 71.9 Å². The zero-order chi connectivity index (χ0) is 112. The van der Waals surface area contributed by atoms with E-state index < -0.39 is 204 Å². The van der Waals surface area contributed by atoms with E-state index in [4.69, 9.17) is 0 Å². The second kappa shape index (κ2) is 57.8. The summed E-state index contributed by atoms with van der Waals surface area (Å²) in [5.41, 5.74) is -4.77. The maximum absolute atomic E-state index is 13.4. The quantitative estimate of drug-likeness (QED) is 0.00638. The van der Waals surface area contributed by atoms with Crippen LogP contribution in [0.4, 0.5) is 74.6 Å². The van der Waals surface area contributed by atoms with E-state index >= 15 is 0 Å². The third kappa shape index (κ3) is 41.1. The van der Waals surface area contributed by atoms with Gasteiger partial charge in [-0.3, -0.25) is 80.0 Å². The van der Waals surface area contributed by atoms with Gasteiger partial charge >= 0.3 is 0 Å². The minimum absolute atomic E-state index is 0.0286. The Balaban J connectivity index is 0.000000829. The van der Waals surface area contributed by atoms with E-state index in [9.17, 15) is 155 Å². The third-order valence-electron chi connectivity index (χ3n) is 24.3. The van der Waals surface area contributed by atoms with Crippen LogP contribution in [-0.2, 0) is 90.7 Å². The molecule has 8 aromatic rings. The highest BCUT2D eigenvalue weighted by atomic mass is 19.2. The Hall–Kier alpha value is -12.0. The summed E-state index contributed by atoms with van der Waals surface area (Å²) in [6.45, 7) is 39.4. The number of carbonyl (C=O) groups is 8. The zero-order valence-electron chi connectivity index (χ0n) is 85.9. The predicted octanol–water partition coefficient (Wildman–Crippen LogP) is 25.1. The Kier molecular flexibility index (Phi) is 52.2. The summed E-state index contributed by atoms with van der Waals surface area (Å²) < 4.78 is 221. The van der Waals surface area contributed by atoms with Gasteiger partial charge in [-0.25, -0.2) is 115 Å². The van der Waals surface area contributed by atoms with Gasteiger partial charge in [0.1, 0.15) is 29.1 Å². The molecule has 0 fully saturated rings. The summed E-state index contributed by atoms with van der Waals surface area (Å²) >= 11 is 0. The molecule has 0 saturated heterocycles. The molecule has 0 radical (unpaired) electrons. The van der Waals surface area contributed by atoms with Crippen LogP contribution in [0.3, 0.4) is 0 Å². The molecule has 8 aromatic carbocycles. The van der Waals surface area contributed by atoms with E-state index in [0.717, 1.165) is 65.2 Å². The lowest BCUT2D eigenvalue weighted by atomic mass is 9.89. The molecule has 0 atom stereocenters. The molecule has 8 rings (SSSR count). The number of hydrogen-bond acceptors (Lipinski definition) is 16. The monoisotopic (exact) mass is 2070 g/mol. The fourth-order valence-corrected chi connectivity index (χ4v) is 11.2. The van der Waals surface area contributed by atoms with Crippen molar-refractivity contribution in [3.63, 3.8) is 0 Å². The average Bonchev–Trinajstić information content (AvgIpc) is 0.821. The molecule has 0 spiro atoms. The number of carbonyl (C=O) groups excluding carboxylic acids is 8. The largest absolute Gasteiger partial charge is 0.286 e. The van der Waals surface area contributed by atoms with Crippen LogP contribution in [0, 0.1) is 142 Å². The van der Waals surface area contributed by atoms with Gasteiger partial charge < -0.3 is 0 Å². The summed E-state index contributed by atoms with van der Waals surface area (Å²) in [6.07, 6.45) is 4.38. The van der Waals surface area contributed by atoms with Gasteiger partial charge in [0, 0.05) is 83.8 Å². The first-order valence-corrected chi connectivity index (χ1v) is 45.9. The molecule has 0 aliphatic rings. The number of halogens is 17. The standard InChI is InChI=1S/4C13H16F3NO2.2C13H17F2NO2.C13H18FNO2.C13H19NO2/c1-4-13(2,3)12(18)17(19)7-8-5-10(15)11(16)6-9(8)14;1-4-13(2,3)12(18)17(19)7-8-5-9(14)6-10(15)11(8)16;1-4-13(2,3)12(18)17(19)7-8-5-9(14)11(16)10(15)6-8;1-4-13(2,3)12(18)17(19)7-8-5-6-9(14)11(16)10(8)15;1-4-13(2,3)12(17)16(18)8-9-5-6-10(14)7-11(9)15;1-4-13(2,3)12(17)16(18)8-9-5-6-10(14)11(15)7-9;1-4-13(2,3)12(16)15(17)9-10-5-7-11(14)8-6-10;1-4-13(2,3)12(15)14(16)10-11-8-6-5-7-9-11/h4*5-6,19H,4,7H2,1-3H3;2*5-7,18H,4,8H2,1-3H3;5-8,17H,4,9H2,1-3H3;5-9,16H,4,10H2,1-3H3. The molecule has 41 heteroatoms. The maximum atomic E-state index is 13.4. The fraction of sp³-hybridized carbons (Fsp3) is 0.462. The first-order valence-electron chi connectivity index (χ1n) is 45.9. The Morgan fingerprint density at radius 3 is 0.800 bits per heavy atom. The Morgan fingerprint density at radius 2 is 0.448 bits per heavy atom. The number of hydrogen-bond donors (Lipinski definition) is 8. The number of hydroxylamine groups is 16. The molecule has 0 aromatic heterocycles. The molecular formula is C104H135F17N8O16. The van der Waals surface area contributed by atoms with E-state index in [0.29, 0.717) is 111 Å². The van der Waals surface area contributed by atoms with Gasteiger partial charge in [0.2, 0.25) is 0 Å². The van der Waals surface area contributed by atoms with Crippen molar-refractivity contribution in [2.24, 2.45) is 43.3 Å². The van der Waals surface area contributed by atoms with Crippen molar-refractivity contribution in [3.05, 3.63) is 283 Å². The van der Waals surface area contributed by atoms with Gasteiger partial charge in [0.15, 0.2) is 69.8 Å². The van der Waals surface area contributed by atoms with Crippen molar-refractivity contribution in [1.82, 2.24) is 40.5 Å². The Morgan fingerprint density at radius 1 is 0.193 bits per heavy atom. The fourth-order valence-electron chi connectivity index (χ4n) is 11.2. The summed E-state index contributed by atoms with van der Waals surface area (Å²) in [5.74, 6) is -23.5. The van der Waals surface area contributed by atoms with Crippen molar-refractivity contribution < 1.29 is 155 Å². The highest BCUT2D eigenvalue weighted by molar-refractivity contribution is 5.84. The van der Waals surface area contributed by atoms with Crippen LogP contribution in [-0.4, -0.2) is 129 Å². The number of nitrogens with zero attached hydrogens (tertiary/aromatic N) is 8. The van der Waals surface area contributed by atoms with Crippen molar-refractivity contribution in [2.75, 3.05) is 0 Å². The average molecular weight is 2080 g/mol. The number of rotatable bonds is 32. The summed E-state index contributed by atoms with van der Waals surface area (Å²) in [7, 11) is 0. The SMILES string of the molecule is CCC(C)(C)C(=O)N(O)Cc1cc(F)c(F)c(F)c1.CCC(C)(C)C(=O)N(O)Cc1cc(F)c(F)cc1F.CCC(C)(C)C(=O)N(O)Cc1cc(F)cc(F)c1F.CCC(C)(C)C(=O)N(O)Cc1ccc(F)c(F)c1.CCC(C)(C)C(=O)N(O)Cc1ccc(F)c(F)c1F.CCC(C)(C)C(=O)N(O)Cc1ccc(F)cc1.CCC(C)(C)C(=O)N(O)Cc1ccc(F)cc1F.CCC(C)(C)C(=O)N(O)Cc1ccccc1. The highest BCUT2D eigenvalue weighted by Crippen LogP contribution is 2.33. The Labute approximate surface area is 834 Å². The summed E-state index contributed by atoms with van der Waals surface area (Å²) in [4.78, 5) is 94.9. The number of benzene rings is 8. The van der Waals surface area contributed by atoms with Crippen molar-refractivity contribution in [3.8, 4) is 0 Å². The minimum Gasteiger partial charge on any atom is -0.286 e. The molecule has 0 saturated carbocycles. The Bertz CT molecular complexity index is 5550. The van der Waals surface area contributed by atoms with E-state index in [1.54, 1.807) is 137 Å². The first-order chi connectivity index (χ1) is 66.6. The van der Waals surface area contributed by atoms with Gasteiger partial charge in [0.05, 0.1) is 52.4 Å². The molecule has 8 amide bonds.